The molecule has 2 aromatic heterocycles. The standard InChI is InChI=1S/C46H28N6/c1-29-13-17-35(18-14-29)45-39(27-49)41(37(25-47)43(51-45)33-9-5-3-6-10-33)31-21-23-32(24-22-31)42-38(26-48)44(34-11-7-4-8-12-34)52-46(40(42)28-50)36-19-15-30(2)16-20-36/h3-24H,1-2H3. The fourth-order valence-electron chi connectivity index (χ4n) is 6.44. The zero-order valence-corrected chi connectivity index (χ0v) is 28.4. The van der Waals surface area contributed by atoms with Gasteiger partial charge in [0.05, 0.1) is 45.0 Å². The topological polar surface area (TPSA) is 121 Å². The fraction of sp³-hybridized carbons (Fsp3) is 0.0435. The Hall–Kier alpha value is -7.64. The second kappa shape index (κ2) is 14.1. The summed E-state index contributed by atoms with van der Waals surface area (Å²) in [6.45, 7) is 3.99. The maximum Gasteiger partial charge on any atom is 0.102 e. The lowest BCUT2D eigenvalue weighted by atomic mass is 9.87. The molecule has 0 bridgehead atoms. The molecule has 7 aromatic rings. The van der Waals surface area contributed by atoms with E-state index >= 15 is 0 Å². The van der Waals surface area contributed by atoms with Crippen LogP contribution in [0, 0.1) is 59.2 Å². The van der Waals surface area contributed by atoms with E-state index in [0.29, 0.717) is 45.0 Å². The average molecular weight is 665 g/mol. The quantitative estimate of drug-likeness (QED) is 0.174. The highest BCUT2D eigenvalue weighted by molar-refractivity contribution is 5.92. The maximum absolute atomic E-state index is 10.6. The first kappa shape index (κ1) is 32.9. The monoisotopic (exact) mass is 664 g/mol. The minimum Gasteiger partial charge on any atom is -0.245 e. The second-order valence-electron chi connectivity index (χ2n) is 12.4. The normalized spacial score (nSPS) is 10.4. The zero-order chi connectivity index (χ0) is 36.2. The Balaban J connectivity index is 1.49. The Morgan fingerprint density at radius 3 is 0.846 bits per heavy atom. The number of benzene rings is 5. The van der Waals surface area contributed by atoms with Crippen molar-refractivity contribution >= 4 is 0 Å². The van der Waals surface area contributed by atoms with E-state index in [4.69, 9.17) is 9.97 Å². The number of nitrogens with zero attached hydrogens (tertiary/aromatic N) is 6. The summed E-state index contributed by atoms with van der Waals surface area (Å²) in [5, 5.41) is 42.5. The number of aromatic nitrogens is 2. The van der Waals surface area contributed by atoms with Gasteiger partial charge in [0.15, 0.2) is 0 Å². The number of pyridine rings is 2. The van der Waals surface area contributed by atoms with E-state index in [9.17, 15) is 21.0 Å². The first-order valence-corrected chi connectivity index (χ1v) is 16.6. The lowest BCUT2D eigenvalue weighted by molar-refractivity contribution is 1.27. The highest BCUT2D eigenvalue weighted by Crippen LogP contribution is 2.42. The summed E-state index contributed by atoms with van der Waals surface area (Å²) in [6.07, 6.45) is 0. The van der Waals surface area contributed by atoms with Crippen LogP contribution in [0.3, 0.4) is 0 Å². The van der Waals surface area contributed by atoms with E-state index in [-0.39, 0.29) is 22.3 Å². The predicted molar refractivity (Wildman–Crippen MR) is 203 cm³/mol. The highest BCUT2D eigenvalue weighted by atomic mass is 14.7. The third-order valence-electron chi connectivity index (χ3n) is 9.05. The van der Waals surface area contributed by atoms with Gasteiger partial charge in [-0.3, -0.25) is 0 Å². The third kappa shape index (κ3) is 5.95. The van der Waals surface area contributed by atoms with Gasteiger partial charge in [-0.05, 0) is 25.0 Å². The molecule has 0 N–H and O–H groups in total. The second-order valence-corrected chi connectivity index (χ2v) is 12.4. The van der Waals surface area contributed by atoms with E-state index in [2.05, 4.69) is 24.3 Å². The van der Waals surface area contributed by atoms with Gasteiger partial charge < -0.3 is 0 Å². The van der Waals surface area contributed by atoms with Gasteiger partial charge in [0.1, 0.15) is 24.3 Å². The SMILES string of the molecule is Cc1ccc(-c2nc(-c3ccccc3)c(C#N)c(-c3ccc(-c4c(C#N)c(-c5ccccc5)nc(-c5ccc(C)cc5)c4C#N)cc3)c2C#N)cc1. The Morgan fingerprint density at radius 1 is 0.327 bits per heavy atom. The average Bonchev–Trinajstić information content (AvgIpc) is 3.20. The molecule has 5 aromatic carbocycles. The van der Waals surface area contributed by atoms with Crippen LogP contribution in [0.2, 0.25) is 0 Å². The summed E-state index contributed by atoms with van der Waals surface area (Å²) < 4.78 is 0. The summed E-state index contributed by atoms with van der Waals surface area (Å²) in [7, 11) is 0. The molecule has 0 amide bonds. The van der Waals surface area contributed by atoms with Gasteiger partial charge in [-0.15, -0.1) is 0 Å². The molecule has 0 fully saturated rings. The Kier molecular flexibility index (Phi) is 8.90. The van der Waals surface area contributed by atoms with Crippen molar-refractivity contribution in [1.29, 1.82) is 21.0 Å². The molecule has 0 saturated heterocycles. The molecular formula is C46H28N6. The summed E-state index contributed by atoms with van der Waals surface area (Å²) in [5.41, 5.74) is 10.3. The molecule has 0 saturated carbocycles. The summed E-state index contributed by atoms with van der Waals surface area (Å²) in [4.78, 5) is 9.88. The summed E-state index contributed by atoms with van der Waals surface area (Å²) in [5.74, 6) is 0. The van der Waals surface area contributed by atoms with Gasteiger partial charge in [0.2, 0.25) is 0 Å². The highest BCUT2D eigenvalue weighted by Gasteiger charge is 2.26. The van der Waals surface area contributed by atoms with E-state index in [1.807, 2.05) is 147 Å². The number of hydrogen-bond acceptors (Lipinski definition) is 6. The van der Waals surface area contributed by atoms with Crippen molar-refractivity contribution in [3.63, 3.8) is 0 Å². The molecule has 7 rings (SSSR count). The molecule has 0 aliphatic rings. The van der Waals surface area contributed by atoms with E-state index in [1.165, 1.54) is 0 Å². The van der Waals surface area contributed by atoms with Crippen molar-refractivity contribution in [3.05, 3.63) is 167 Å². The first-order valence-electron chi connectivity index (χ1n) is 16.6. The first-order chi connectivity index (χ1) is 25.4. The van der Waals surface area contributed by atoms with Crippen LogP contribution >= 0.6 is 0 Å². The number of nitriles is 4. The van der Waals surface area contributed by atoms with Crippen molar-refractivity contribution < 1.29 is 0 Å². The third-order valence-corrected chi connectivity index (χ3v) is 9.05. The molecule has 6 nitrogen and oxygen atoms in total. The van der Waals surface area contributed by atoms with Crippen LogP contribution in [0.15, 0.2) is 133 Å². The summed E-state index contributed by atoms with van der Waals surface area (Å²) >= 11 is 0. The lowest BCUT2D eigenvalue weighted by Crippen LogP contribution is -2.03. The number of hydrogen-bond donors (Lipinski definition) is 0. The largest absolute Gasteiger partial charge is 0.245 e. The van der Waals surface area contributed by atoms with Gasteiger partial charge in [-0.2, -0.15) is 21.0 Å². The van der Waals surface area contributed by atoms with E-state index in [0.717, 1.165) is 33.4 Å². The Labute approximate surface area is 302 Å². The van der Waals surface area contributed by atoms with Crippen molar-refractivity contribution in [2.75, 3.05) is 0 Å². The fourth-order valence-corrected chi connectivity index (χ4v) is 6.44. The molecule has 0 aliphatic heterocycles. The van der Waals surface area contributed by atoms with Gasteiger partial charge in [0.25, 0.3) is 0 Å². The van der Waals surface area contributed by atoms with Crippen LogP contribution in [-0.2, 0) is 0 Å². The smallest absolute Gasteiger partial charge is 0.102 e. The van der Waals surface area contributed by atoms with Crippen LogP contribution in [0.5, 0.6) is 0 Å². The molecule has 0 unspecified atom stereocenters. The molecule has 0 aliphatic carbocycles. The van der Waals surface area contributed by atoms with Gasteiger partial charge in [-0.1, -0.05) is 145 Å². The molecule has 0 spiro atoms. The van der Waals surface area contributed by atoms with Crippen molar-refractivity contribution in [1.82, 2.24) is 9.97 Å². The zero-order valence-electron chi connectivity index (χ0n) is 28.4. The molecule has 6 heteroatoms. The van der Waals surface area contributed by atoms with Crippen molar-refractivity contribution in [3.8, 4) is 91.6 Å². The Morgan fingerprint density at radius 2 is 0.577 bits per heavy atom. The van der Waals surface area contributed by atoms with Crippen LogP contribution in [0.1, 0.15) is 33.4 Å². The lowest BCUT2D eigenvalue weighted by Gasteiger charge is -2.18. The predicted octanol–water partition coefficient (Wildman–Crippen LogP) is 10.6. The van der Waals surface area contributed by atoms with E-state index < -0.39 is 0 Å². The van der Waals surface area contributed by atoms with Crippen LogP contribution < -0.4 is 0 Å². The molecule has 52 heavy (non-hydrogen) atoms. The molecule has 2 heterocycles. The Bertz CT molecular complexity index is 2450. The minimum atomic E-state index is 0.277. The van der Waals surface area contributed by atoms with Gasteiger partial charge >= 0.3 is 0 Å². The van der Waals surface area contributed by atoms with Crippen LogP contribution in [0.25, 0.3) is 67.3 Å². The molecular weight excluding hydrogens is 637 g/mol. The molecule has 242 valence electrons. The van der Waals surface area contributed by atoms with Gasteiger partial charge in [0, 0.05) is 33.4 Å². The molecule has 0 radical (unpaired) electrons. The number of rotatable bonds is 6. The van der Waals surface area contributed by atoms with Crippen LogP contribution in [-0.4, -0.2) is 9.97 Å². The summed E-state index contributed by atoms with van der Waals surface area (Å²) in [6, 6.07) is 51.3. The van der Waals surface area contributed by atoms with Gasteiger partial charge in [-0.25, -0.2) is 9.97 Å². The van der Waals surface area contributed by atoms with Crippen molar-refractivity contribution in [2.24, 2.45) is 0 Å². The van der Waals surface area contributed by atoms with Crippen LogP contribution in [0.4, 0.5) is 0 Å². The molecule has 0 atom stereocenters. The minimum absolute atomic E-state index is 0.277. The number of aryl methyl sites for hydroxylation is 2. The van der Waals surface area contributed by atoms with Crippen molar-refractivity contribution in [2.45, 2.75) is 13.8 Å². The maximum atomic E-state index is 10.6. The van der Waals surface area contributed by atoms with E-state index in [1.54, 1.807) is 0 Å².